The topological polar surface area (TPSA) is 54.0 Å². The average molecular weight is 202 g/mol. The highest BCUT2D eigenvalue weighted by Crippen LogP contribution is 2.22. The third kappa shape index (κ3) is 2.23. The van der Waals surface area contributed by atoms with E-state index in [9.17, 15) is 4.79 Å². The molecule has 0 aromatic carbocycles. The van der Waals surface area contributed by atoms with Crippen LogP contribution in [0.15, 0.2) is 0 Å². The minimum Gasteiger partial charge on any atom is -0.460 e. The molecule has 0 bridgehead atoms. The van der Waals surface area contributed by atoms with Crippen LogP contribution in [0, 0.1) is 0 Å². The van der Waals surface area contributed by atoms with Crippen LogP contribution in [0.25, 0.3) is 0 Å². The Morgan fingerprint density at radius 3 is 2.93 bits per heavy atom. The van der Waals surface area contributed by atoms with Crippen molar-refractivity contribution in [2.24, 2.45) is 0 Å². The first kappa shape index (κ1) is 9.89. The monoisotopic (exact) mass is 202 g/mol. The summed E-state index contributed by atoms with van der Waals surface area (Å²) in [5, 5.41) is 0. The van der Waals surface area contributed by atoms with Gasteiger partial charge in [-0.3, -0.25) is 4.79 Å². The zero-order valence-corrected chi connectivity index (χ0v) is 8.10. The van der Waals surface area contributed by atoms with Gasteiger partial charge in [0, 0.05) is 13.3 Å². The van der Waals surface area contributed by atoms with E-state index in [0.717, 1.165) is 0 Å². The number of esters is 1. The van der Waals surface area contributed by atoms with Gasteiger partial charge in [-0.1, -0.05) is 0 Å². The molecule has 0 saturated carbocycles. The molecule has 0 N–H and O–H groups in total. The number of carbonyl (C=O) groups excluding carboxylic acids is 1. The van der Waals surface area contributed by atoms with Crippen LogP contribution in [-0.2, 0) is 23.7 Å². The molecule has 0 radical (unpaired) electrons. The molecule has 2 rings (SSSR count). The second kappa shape index (κ2) is 4.25. The Balaban J connectivity index is 1.86. The van der Waals surface area contributed by atoms with Gasteiger partial charge in [-0.2, -0.15) is 0 Å². The van der Waals surface area contributed by atoms with E-state index in [1.807, 2.05) is 0 Å². The minimum atomic E-state index is -0.274. The van der Waals surface area contributed by atoms with Gasteiger partial charge < -0.3 is 18.9 Å². The molecule has 5 nitrogen and oxygen atoms in total. The SMILES string of the molecule is CC(=O)OC1COC2COCOC2C1. The summed E-state index contributed by atoms with van der Waals surface area (Å²) in [5.74, 6) is -0.274. The van der Waals surface area contributed by atoms with Crippen LogP contribution in [0.1, 0.15) is 13.3 Å². The first-order valence-electron chi connectivity index (χ1n) is 4.74. The Morgan fingerprint density at radius 2 is 2.14 bits per heavy atom. The zero-order chi connectivity index (χ0) is 9.97. The normalized spacial score (nSPS) is 37.4. The molecule has 0 aromatic heterocycles. The molecule has 0 spiro atoms. The largest absolute Gasteiger partial charge is 0.460 e. The number of ether oxygens (including phenoxy) is 4. The Morgan fingerprint density at radius 1 is 1.29 bits per heavy atom. The summed E-state index contributed by atoms with van der Waals surface area (Å²) < 4.78 is 21.0. The van der Waals surface area contributed by atoms with Gasteiger partial charge in [0.05, 0.1) is 19.3 Å². The molecular formula is C9H14O5. The van der Waals surface area contributed by atoms with Gasteiger partial charge in [-0.05, 0) is 0 Å². The number of hydrogen-bond acceptors (Lipinski definition) is 5. The van der Waals surface area contributed by atoms with Crippen molar-refractivity contribution in [1.29, 1.82) is 0 Å². The fraction of sp³-hybridized carbons (Fsp3) is 0.889. The van der Waals surface area contributed by atoms with Crippen molar-refractivity contribution in [1.82, 2.24) is 0 Å². The quantitative estimate of drug-likeness (QED) is 0.564. The maximum atomic E-state index is 10.7. The summed E-state index contributed by atoms with van der Waals surface area (Å²) >= 11 is 0. The fourth-order valence-corrected chi connectivity index (χ4v) is 1.76. The van der Waals surface area contributed by atoms with Gasteiger partial charge in [0.1, 0.15) is 19.0 Å². The van der Waals surface area contributed by atoms with Crippen molar-refractivity contribution in [2.45, 2.75) is 31.7 Å². The lowest BCUT2D eigenvalue weighted by atomic mass is 10.0. The molecule has 3 unspecified atom stereocenters. The molecule has 0 amide bonds. The average Bonchev–Trinajstić information content (AvgIpc) is 2.17. The molecule has 2 aliphatic rings. The molecule has 80 valence electrons. The molecule has 2 fully saturated rings. The molecule has 2 saturated heterocycles. The maximum Gasteiger partial charge on any atom is 0.302 e. The number of carbonyl (C=O) groups is 1. The Labute approximate surface area is 82.3 Å². The van der Waals surface area contributed by atoms with Crippen LogP contribution >= 0.6 is 0 Å². The Kier molecular flexibility index (Phi) is 3.00. The van der Waals surface area contributed by atoms with Crippen molar-refractivity contribution in [2.75, 3.05) is 20.0 Å². The molecule has 2 aliphatic heterocycles. The predicted molar refractivity (Wildman–Crippen MR) is 45.6 cm³/mol. The lowest BCUT2D eigenvalue weighted by Gasteiger charge is -2.38. The van der Waals surface area contributed by atoms with E-state index in [1.54, 1.807) is 0 Å². The van der Waals surface area contributed by atoms with Gasteiger partial charge in [0.15, 0.2) is 0 Å². The predicted octanol–water partition coefficient (Wildman–Crippen LogP) is 0.0799. The van der Waals surface area contributed by atoms with Crippen molar-refractivity contribution < 1.29 is 23.7 Å². The van der Waals surface area contributed by atoms with Gasteiger partial charge in [-0.25, -0.2) is 0 Å². The lowest BCUT2D eigenvalue weighted by molar-refractivity contribution is -0.243. The summed E-state index contributed by atoms with van der Waals surface area (Å²) in [4.78, 5) is 10.7. The van der Waals surface area contributed by atoms with E-state index in [1.165, 1.54) is 6.92 Å². The summed E-state index contributed by atoms with van der Waals surface area (Å²) in [7, 11) is 0. The molecule has 2 heterocycles. The van der Waals surface area contributed by atoms with E-state index in [2.05, 4.69) is 0 Å². The molecule has 0 aromatic rings. The third-order valence-electron chi connectivity index (χ3n) is 2.39. The molecular weight excluding hydrogens is 188 g/mol. The van der Waals surface area contributed by atoms with Crippen LogP contribution in [0.2, 0.25) is 0 Å². The van der Waals surface area contributed by atoms with Crippen LogP contribution in [0.3, 0.4) is 0 Å². The van der Waals surface area contributed by atoms with Crippen LogP contribution in [0.4, 0.5) is 0 Å². The summed E-state index contributed by atoms with van der Waals surface area (Å²) in [6.07, 6.45) is 0.525. The van der Waals surface area contributed by atoms with Crippen molar-refractivity contribution >= 4 is 5.97 Å². The summed E-state index contributed by atoms with van der Waals surface area (Å²) in [5.41, 5.74) is 0. The molecule has 3 atom stereocenters. The second-order valence-electron chi connectivity index (χ2n) is 3.53. The van der Waals surface area contributed by atoms with Gasteiger partial charge in [0.2, 0.25) is 0 Å². The number of hydrogen-bond donors (Lipinski definition) is 0. The Bertz CT molecular complexity index is 217. The smallest absolute Gasteiger partial charge is 0.302 e. The van der Waals surface area contributed by atoms with Crippen LogP contribution in [-0.4, -0.2) is 44.3 Å². The molecule has 5 heteroatoms. The molecule has 14 heavy (non-hydrogen) atoms. The minimum absolute atomic E-state index is 0.00171. The first-order chi connectivity index (χ1) is 6.75. The van der Waals surface area contributed by atoms with Gasteiger partial charge >= 0.3 is 5.97 Å². The maximum absolute atomic E-state index is 10.7. The number of fused-ring (bicyclic) bond motifs is 1. The van der Waals surface area contributed by atoms with E-state index < -0.39 is 0 Å². The molecule has 0 aliphatic carbocycles. The highest BCUT2D eigenvalue weighted by atomic mass is 16.7. The van der Waals surface area contributed by atoms with Gasteiger partial charge in [0.25, 0.3) is 0 Å². The Hall–Kier alpha value is -0.650. The zero-order valence-electron chi connectivity index (χ0n) is 8.10. The van der Waals surface area contributed by atoms with E-state index in [4.69, 9.17) is 18.9 Å². The highest BCUT2D eigenvalue weighted by Gasteiger charge is 2.35. The lowest BCUT2D eigenvalue weighted by Crippen LogP contribution is -2.49. The van der Waals surface area contributed by atoms with Gasteiger partial charge in [-0.15, -0.1) is 0 Å². The highest BCUT2D eigenvalue weighted by molar-refractivity contribution is 5.66. The van der Waals surface area contributed by atoms with E-state index in [0.29, 0.717) is 26.4 Å². The van der Waals surface area contributed by atoms with E-state index in [-0.39, 0.29) is 24.3 Å². The van der Waals surface area contributed by atoms with Crippen molar-refractivity contribution in [3.05, 3.63) is 0 Å². The van der Waals surface area contributed by atoms with Crippen molar-refractivity contribution in [3.8, 4) is 0 Å². The van der Waals surface area contributed by atoms with E-state index >= 15 is 0 Å². The van der Waals surface area contributed by atoms with Crippen molar-refractivity contribution in [3.63, 3.8) is 0 Å². The number of rotatable bonds is 1. The standard InChI is InChI=1S/C9H14O5/c1-6(10)14-7-2-8-9(12-3-7)4-11-5-13-8/h7-9H,2-5H2,1H3. The van der Waals surface area contributed by atoms with Crippen LogP contribution < -0.4 is 0 Å². The first-order valence-corrected chi connectivity index (χ1v) is 4.74. The summed E-state index contributed by atoms with van der Waals surface area (Å²) in [6.45, 7) is 2.71. The van der Waals surface area contributed by atoms with Crippen LogP contribution in [0.5, 0.6) is 0 Å². The third-order valence-corrected chi connectivity index (χ3v) is 2.39. The summed E-state index contributed by atoms with van der Waals surface area (Å²) in [6, 6.07) is 0. The fourth-order valence-electron chi connectivity index (χ4n) is 1.76. The second-order valence-corrected chi connectivity index (χ2v) is 3.53.